The van der Waals surface area contributed by atoms with Gasteiger partial charge in [-0.25, -0.2) is 0 Å². The molecule has 1 amide bonds. The van der Waals surface area contributed by atoms with E-state index in [0.717, 1.165) is 40.7 Å². The molecule has 0 spiro atoms. The van der Waals surface area contributed by atoms with Gasteiger partial charge in [-0.15, -0.1) is 0 Å². The minimum atomic E-state index is 0.0766. The molecule has 1 aliphatic rings. The number of rotatable bonds is 1. The molecule has 3 heteroatoms. The van der Waals surface area contributed by atoms with Crippen LogP contribution in [0.2, 0.25) is 0 Å². The summed E-state index contributed by atoms with van der Waals surface area (Å²) in [6, 6.07) is 14.0. The zero-order valence-electron chi connectivity index (χ0n) is 11.4. The summed E-state index contributed by atoms with van der Waals surface area (Å²) in [4.78, 5) is 14.7. The van der Waals surface area contributed by atoms with Crippen LogP contribution < -0.4 is 4.90 Å². The highest BCUT2D eigenvalue weighted by molar-refractivity contribution is 9.10. The monoisotopic (exact) mass is 329 g/mol. The lowest BCUT2D eigenvalue weighted by molar-refractivity contribution is 0.0984. The molecule has 0 bridgehead atoms. The minimum Gasteiger partial charge on any atom is -0.308 e. The number of para-hydroxylation sites is 1. The molecule has 2 nitrogen and oxygen atoms in total. The second-order valence-electron chi connectivity index (χ2n) is 5.13. The summed E-state index contributed by atoms with van der Waals surface area (Å²) in [6.45, 7) is 2.79. The summed E-state index contributed by atoms with van der Waals surface area (Å²) < 4.78 is 0.896. The second-order valence-corrected chi connectivity index (χ2v) is 5.92. The van der Waals surface area contributed by atoms with Gasteiger partial charge in [-0.3, -0.25) is 4.79 Å². The Bertz CT molecular complexity index is 666. The molecular weight excluding hydrogens is 314 g/mol. The Labute approximate surface area is 127 Å². The van der Waals surface area contributed by atoms with Gasteiger partial charge >= 0.3 is 0 Å². The van der Waals surface area contributed by atoms with Crippen LogP contribution in [-0.4, -0.2) is 12.5 Å². The number of hydrogen-bond donors (Lipinski definition) is 0. The minimum absolute atomic E-state index is 0.0766. The van der Waals surface area contributed by atoms with Crippen molar-refractivity contribution in [3.63, 3.8) is 0 Å². The average Bonchev–Trinajstić information content (AvgIpc) is 2.49. The summed E-state index contributed by atoms with van der Waals surface area (Å²) in [5.41, 5.74) is 4.14. The van der Waals surface area contributed by atoms with Crippen molar-refractivity contribution in [3.8, 4) is 0 Å². The Kier molecular flexibility index (Phi) is 3.62. The molecule has 2 aromatic rings. The van der Waals surface area contributed by atoms with Crippen molar-refractivity contribution >= 4 is 27.5 Å². The number of amides is 1. The smallest absolute Gasteiger partial charge is 0.259 e. The van der Waals surface area contributed by atoms with Gasteiger partial charge in [0, 0.05) is 16.7 Å². The summed E-state index contributed by atoms with van der Waals surface area (Å²) in [5, 5.41) is 0. The molecule has 0 saturated heterocycles. The fourth-order valence-electron chi connectivity index (χ4n) is 2.70. The van der Waals surface area contributed by atoms with Gasteiger partial charge in [0.25, 0.3) is 5.91 Å². The average molecular weight is 330 g/mol. The van der Waals surface area contributed by atoms with E-state index in [-0.39, 0.29) is 5.91 Å². The molecule has 0 radical (unpaired) electrons. The lowest BCUT2D eigenvalue weighted by Crippen LogP contribution is -2.35. The van der Waals surface area contributed by atoms with Crippen molar-refractivity contribution in [1.29, 1.82) is 0 Å². The molecule has 0 N–H and O–H groups in total. The molecule has 0 saturated carbocycles. The van der Waals surface area contributed by atoms with E-state index >= 15 is 0 Å². The number of fused-ring (bicyclic) bond motifs is 1. The lowest BCUT2D eigenvalue weighted by atomic mass is 10.0. The molecule has 0 aromatic heterocycles. The number of nitrogens with zero attached hydrogens (tertiary/aromatic N) is 1. The quantitative estimate of drug-likeness (QED) is 0.761. The second kappa shape index (κ2) is 5.41. The van der Waals surface area contributed by atoms with Gasteiger partial charge in [0.05, 0.1) is 5.56 Å². The van der Waals surface area contributed by atoms with Crippen LogP contribution in [0.5, 0.6) is 0 Å². The van der Waals surface area contributed by atoms with Gasteiger partial charge in [0.1, 0.15) is 0 Å². The molecule has 1 heterocycles. The van der Waals surface area contributed by atoms with Crippen molar-refractivity contribution in [3.05, 3.63) is 63.6 Å². The molecule has 0 fully saturated rings. The number of hydrogen-bond acceptors (Lipinski definition) is 1. The third kappa shape index (κ3) is 2.27. The van der Waals surface area contributed by atoms with Crippen LogP contribution in [0.15, 0.2) is 46.9 Å². The predicted octanol–water partition coefficient (Wildman–Crippen LogP) is 4.35. The first-order valence-electron chi connectivity index (χ1n) is 6.83. The molecule has 3 rings (SSSR count). The Morgan fingerprint density at radius 1 is 1.15 bits per heavy atom. The zero-order valence-corrected chi connectivity index (χ0v) is 13.0. The maximum Gasteiger partial charge on any atom is 0.259 e. The van der Waals surface area contributed by atoms with Crippen LogP contribution in [0.1, 0.15) is 27.9 Å². The van der Waals surface area contributed by atoms with Gasteiger partial charge in [0.2, 0.25) is 0 Å². The Morgan fingerprint density at radius 3 is 2.80 bits per heavy atom. The fraction of sp³-hybridized carbons (Fsp3) is 0.235. The number of benzene rings is 2. The first-order chi connectivity index (χ1) is 9.68. The van der Waals surface area contributed by atoms with E-state index in [9.17, 15) is 4.79 Å². The normalized spacial score (nSPS) is 14.0. The van der Waals surface area contributed by atoms with Crippen molar-refractivity contribution in [2.45, 2.75) is 19.8 Å². The van der Waals surface area contributed by atoms with Gasteiger partial charge in [-0.2, -0.15) is 0 Å². The molecule has 1 aliphatic heterocycles. The molecule has 0 atom stereocenters. The number of carbonyl (C=O) groups excluding carboxylic acids is 1. The summed E-state index contributed by atoms with van der Waals surface area (Å²) in [6.07, 6.45) is 2.07. The summed E-state index contributed by atoms with van der Waals surface area (Å²) in [7, 11) is 0. The van der Waals surface area contributed by atoms with Crippen molar-refractivity contribution in [2.24, 2.45) is 0 Å². The topological polar surface area (TPSA) is 20.3 Å². The molecular formula is C17H16BrNO. The van der Waals surface area contributed by atoms with Crippen LogP contribution in [0.25, 0.3) is 0 Å². The number of carbonyl (C=O) groups is 1. The maximum absolute atomic E-state index is 12.8. The van der Waals surface area contributed by atoms with Gasteiger partial charge < -0.3 is 4.90 Å². The number of halogens is 1. The van der Waals surface area contributed by atoms with Crippen LogP contribution in [-0.2, 0) is 6.42 Å². The molecule has 0 aliphatic carbocycles. The first kappa shape index (κ1) is 13.4. The van der Waals surface area contributed by atoms with E-state index in [2.05, 4.69) is 22.0 Å². The van der Waals surface area contributed by atoms with Gasteiger partial charge in [-0.1, -0.05) is 30.3 Å². The maximum atomic E-state index is 12.8. The molecule has 102 valence electrons. The highest BCUT2D eigenvalue weighted by Gasteiger charge is 2.24. The van der Waals surface area contributed by atoms with E-state index in [1.807, 2.05) is 48.2 Å². The molecule has 0 unspecified atom stereocenters. The van der Waals surface area contributed by atoms with Crippen LogP contribution in [0, 0.1) is 6.92 Å². The summed E-state index contributed by atoms with van der Waals surface area (Å²) in [5.74, 6) is 0.0766. The van der Waals surface area contributed by atoms with E-state index in [1.54, 1.807) is 0 Å². The number of aryl methyl sites for hydroxylation is 2. The fourth-order valence-corrected chi connectivity index (χ4v) is 3.14. The van der Waals surface area contributed by atoms with Crippen molar-refractivity contribution in [1.82, 2.24) is 0 Å². The van der Waals surface area contributed by atoms with E-state index in [1.165, 1.54) is 5.56 Å². The molecule has 2 aromatic carbocycles. The van der Waals surface area contributed by atoms with E-state index in [4.69, 9.17) is 0 Å². The predicted molar refractivity (Wildman–Crippen MR) is 85.3 cm³/mol. The zero-order chi connectivity index (χ0) is 14.1. The van der Waals surface area contributed by atoms with Crippen molar-refractivity contribution < 1.29 is 4.79 Å². The summed E-state index contributed by atoms with van der Waals surface area (Å²) >= 11 is 3.54. The van der Waals surface area contributed by atoms with Gasteiger partial charge in [-0.05, 0) is 59.0 Å². The SMILES string of the molecule is Cc1cccc(C(=O)N2CCCc3ccccc32)c1Br. The third-order valence-electron chi connectivity index (χ3n) is 3.78. The van der Waals surface area contributed by atoms with Crippen LogP contribution in [0.4, 0.5) is 5.69 Å². The third-order valence-corrected chi connectivity index (χ3v) is 4.83. The standard InChI is InChI=1S/C17H16BrNO/c1-12-6-4-9-14(16(12)18)17(20)19-11-5-8-13-7-2-3-10-15(13)19/h2-4,6-7,9-10H,5,8,11H2,1H3. The highest BCUT2D eigenvalue weighted by Crippen LogP contribution is 2.30. The van der Waals surface area contributed by atoms with Gasteiger partial charge in [0.15, 0.2) is 0 Å². The lowest BCUT2D eigenvalue weighted by Gasteiger charge is -2.30. The number of anilines is 1. The Morgan fingerprint density at radius 2 is 1.95 bits per heavy atom. The highest BCUT2D eigenvalue weighted by atomic mass is 79.9. The van der Waals surface area contributed by atoms with E-state index < -0.39 is 0 Å². The molecule has 20 heavy (non-hydrogen) atoms. The van der Waals surface area contributed by atoms with E-state index in [0.29, 0.717) is 0 Å². The first-order valence-corrected chi connectivity index (χ1v) is 7.62. The Hall–Kier alpha value is -1.61. The van der Waals surface area contributed by atoms with Crippen molar-refractivity contribution in [2.75, 3.05) is 11.4 Å². The van der Waals surface area contributed by atoms with Crippen LogP contribution in [0.3, 0.4) is 0 Å². The van der Waals surface area contributed by atoms with Crippen LogP contribution >= 0.6 is 15.9 Å². The largest absolute Gasteiger partial charge is 0.308 e. The Balaban J connectivity index is 2.02.